The van der Waals surface area contributed by atoms with Gasteiger partial charge in [0.25, 0.3) is 0 Å². The van der Waals surface area contributed by atoms with Gasteiger partial charge in [0.2, 0.25) is 5.91 Å². The highest BCUT2D eigenvalue weighted by Gasteiger charge is 2.17. The van der Waals surface area contributed by atoms with Crippen LogP contribution in [0.1, 0.15) is 23.1 Å². The molecule has 2 aromatic carbocycles. The van der Waals surface area contributed by atoms with Gasteiger partial charge in [-0.2, -0.15) is 5.26 Å². The minimum absolute atomic E-state index is 0.0698. The van der Waals surface area contributed by atoms with Crippen molar-refractivity contribution in [1.29, 1.82) is 5.26 Å². The Kier molecular flexibility index (Phi) is 7.02. The molecule has 0 radical (unpaired) electrons. The molecule has 0 aliphatic rings. The van der Waals surface area contributed by atoms with Gasteiger partial charge in [-0.25, -0.2) is 0 Å². The first-order valence-electron chi connectivity index (χ1n) is 7.81. The van der Waals surface area contributed by atoms with Crippen LogP contribution in [0.4, 0.5) is 0 Å². The van der Waals surface area contributed by atoms with Crippen molar-refractivity contribution in [1.82, 2.24) is 5.32 Å². The first-order valence-corrected chi connectivity index (χ1v) is 8.57. The predicted octanol–water partition coefficient (Wildman–Crippen LogP) is 3.61. The van der Waals surface area contributed by atoms with Gasteiger partial charge in [0, 0.05) is 6.04 Å². The van der Waals surface area contributed by atoms with Gasteiger partial charge in [-0.1, -0.05) is 41.4 Å². The molecule has 7 heteroatoms. The van der Waals surface area contributed by atoms with Gasteiger partial charge in [0.05, 0.1) is 34.5 Å². The van der Waals surface area contributed by atoms with Crippen LogP contribution in [0.5, 0.6) is 0 Å². The number of amides is 1. The Morgan fingerprint density at radius 1 is 1.08 bits per heavy atom. The number of nitrogens with zero attached hydrogens (tertiary/aromatic N) is 1. The van der Waals surface area contributed by atoms with Gasteiger partial charge in [-0.3, -0.25) is 9.59 Å². The van der Waals surface area contributed by atoms with E-state index < -0.39 is 12.0 Å². The van der Waals surface area contributed by atoms with Crippen molar-refractivity contribution in [3.8, 4) is 6.07 Å². The number of carbonyl (C=O) groups excluding carboxylic acids is 1. The number of benzene rings is 2. The van der Waals surface area contributed by atoms with Gasteiger partial charge in [0.15, 0.2) is 0 Å². The smallest absolute Gasteiger partial charge is 0.305 e. The van der Waals surface area contributed by atoms with Gasteiger partial charge in [-0.05, 0) is 41.8 Å². The third-order valence-corrected chi connectivity index (χ3v) is 4.44. The standard InChI is InChI=1S/C19H16Cl2N2O3/c20-16-6-5-14(8-17(16)21)9-18(24)23-15(10-19(25)26)7-12-1-3-13(11-22)4-2-12/h1-6,8,15H,7,9-10H2,(H,23,24)(H,25,26). The highest BCUT2D eigenvalue weighted by Crippen LogP contribution is 2.22. The summed E-state index contributed by atoms with van der Waals surface area (Å²) < 4.78 is 0. The third-order valence-electron chi connectivity index (χ3n) is 3.70. The summed E-state index contributed by atoms with van der Waals surface area (Å²) in [5.41, 5.74) is 2.04. The number of nitrogens with one attached hydrogen (secondary N) is 1. The molecule has 0 spiro atoms. The van der Waals surface area contributed by atoms with E-state index in [1.807, 2.05) is 6.07 Å². The van der Waals surface area contributed by atoms with Crippen LogP contribution in [0.2, 0.25) is 10.0 Å². The summed E-state index contributed by atoms with van der Waals surface area (Å²) in [6.07, 6.45) is 0.221. The van der Waals surface area contributed by atoms with Crippen LogP contribution in [0, 0.1) is 11.3 Å². The molecule has 0 bridgehead atoms. The van der Waals surface area contributed by atoms with Gasteiger partial charge in [-0.15, -0.1) is 0 Å². The summed E-state index contributed by atoms with van der Waals surface area (Å²) in [7, 11) is 0. The van der Waals surface area contributed by atoms with E-state index in [0.29, 0.717) is 27.6 Å². The Balaban J connectivity index is 2.03. The number of rotatable bonds is 7. The molecule has 2 rings (SSSR count). The average molecular weight is 391 g/mol. The topological polar surface area (TPSA) is 90.2 Å². The van der Waals surface area contributed by atoms with Gasteiger partial charge < -0.3 is 10.4 Å². The fraction of sp³-hybridized carbons (Fsp3) is 0.211. The van der Waals surface area contributed by atoms with Crippen molar-refractivity contribution in [3.05, 3.63) is 69.2 Å². The molecule has 1 unspecified atom stereocenters. The van der Waals surface area contributed by atoms with E-state index >= 15 is 0 Å². The van der Waals surface area contributed by atoms with Crippen LogP contribution in [0.25, 0.3) is 0 Å². The highest BCUT2D eigenvalue weighted by molar-refractivity contribution is 6.42. The van der Waals surface area contributed by atoms with E-state index in [2.05, 4.69) is 5.32 Å². The molecule has 0 aliphatic carbocycles. The molecule has 5 nitrogen and oxygen atoms in total. The van der Waals surface area contributed by atoms with E-state index in [4.69, 9.17) is 33.6 Å². The minimum atomic E-state index is -1.00. The lowest BCUT2D eigenvalue weighted by molar-refractivity contribution is -0.137. The molecular formula is C19H16Cl2N2O3. The second kappa shape index (κ2) is 9.23. The van der Waals surface area contributed by atoms with Crippen molar-refractivity contribution < 1.29 is 14.7 Å². The summed E-state index contributed by atoms with van der Waals surface area (Å²) in [4.78, 5) is 23.4. The Hall–Kier alpha value is -2.55. The molecule has 26 heavy (non-hydrogen) atoms. The zero-order valence-corrected chi connectivity index (χ0v) is 15.2. The quantitative estimate of drug-likeness (QED) is 0.755. The number of carboxylic acid groups (broad SMARTS) is 1. The number of carboxylic acids is 1. The van der Waals surface area contributed by atoms with Crippen LogP contribution in [0.15, 0.2) is 42.5 Å². The zero-order valence-electron chi connectivity index (χ0n) is 13.7. The SMILES string of the molecule is N#Cc1ccc(CC(CC(=O)O)NC(=O)Cc2ccc(Cl)c(Cl)c2)cc1. The van der Waals surface area contributed by atoms with Crippen LogP contribution in [0.3, 0.4) is 0 Å². The number of carbonyl (C=O) groups is 2. The second-order valence-electron chi connectivity index (χ2n) is 5.80. The first-order chi connectivity index (χ1) is 12.4. The lowest BCUT2D eigenvalue weighted by Gasteiger charge is -2.17. The van der Waals surface area contributed by atoms with Crippen LogP contribution in [-0.4, -0.2) is 23.0 Å². The molecular weight excluding hydrogens is 375 g/mol. The van der Waals surface area contributed by atoms with Crippen molar-refractivity contribution in [2.75, 3.05) is 0 Å². The first kappa shape index (κ1) is 19.8. The maximum Gasteiger partial charge on any atom is 0.305 e. The average Bonchev–Trinajstić information content (AvgIpc) is 2.58. The molecule has 0 fully saturated rings. The number of halogens is 2. The molecule has 2 N–H and O–H groups in total. The third kappa shape index (κ3) is 6.07. The number of hydrogen-bond acceptors (Lipinski definition) is 3. The number of nitriles is 1. The molecule has 2 aromatic rings. The maximum absolute atomic E-state index is 12.3. The molecule has 0 aromatic heterocycles. The monoisotopic (exact) mass is 390 g/mol. The summed E-state index contributed by atoms with van der Waals surface area (Å²) in [5, 5.41) is 21.4. The van der Waals surface area contributed by atoms with Gasteiger partial charge in [0.1, 0.15) is 0 Å². The molecule has 1 atom stereocenters. The Morgan fingerprint density at radius 2 is 1.73 bits per heavy atom. The highest BCUT2D eigenvalue weighted by atomic mass is 35.5. The van der Waals surface area contributed by atoms with Crippen LogP contribution >= 0.6 is 23.2 Å². The van der Waals surface area contributed by atoms with Crippen molar-refractivity contribution in [2.45, 2.75) is 25.3 Å². The maximum atomic E-state index is 12.3. The molecule has 0 aliphatic heterocycles. The Morgan fingerprint density at radius 3 is 2.31 bits per heavy atom. The van der Waals surface area contributed by atoms with Gasteiger partial charge >= 0.3 is 5.97 Å². The predicted molar refractivity (Wildman–Crippen MR) is 99.2 cm³/mol. The summed E-state index contributed by atoms with van der Waals surface area (Å²) in [6.45, 7) is 0. The van der Waals surface area contributed by atoms with E-state index in [9.17, 15) is 9.59 Å². The Bertz CT molecular complexity index is 845. The summed E-state index contributed by atoms with van der Waals surface area (Å²) in [5.74, 6) is -1.30. The summed E-state index contributed by atoms with van der Waals surface area (Å²) >= 11 is 11.8. The Labute approximate surface area is 161 Å². The van der Waals surface area contributed by atoms with Crippen molar-refractivity contribution >= 4 is 35.1 Å². The van der Waals surface area contributed by atoms with E-state index in [1.54, 1.807) is 42.5 Å². The summed E-state index contributed by atoms with van der Waals surface area (Å²) in [6, 6.07) is 13.2. The molecule has 0 saturated heterocycles. The molecule has 0 saturated carbocycles. The largest absolute Gasteiger partial charge is 0.481 e. The van der Waals surface area contributed by atoms with E-state index in [1.165, 1.54) is 0 Å². The normalized spacial score (nSPS) is 11.4. The van der Waals surface area contributed by atoms with Crippen LogP contribution in [-0.2, 0) is 22.4 Å². The van der Waals surface area contributed by atoms with Crippen molar-refractivity contribution in [3.63, 3.8) is 0 Å². The van der Waals surface area contributed by atoms with Crippen molar-refractivity contribution in [2.24, 2.45) is 0 Å². The molecule has 1 amide bonds. The minimum Gasteiger partial charge on any atom is -0.481 e. The number of hydrogen-bond donors (Lipinski definition) is 2. The fourth-order valence-corrected chi connectivity index (χ4v) is 2.82. The van der Waals surface area contributed by atoms with Crippen LogP contribution < -0.4 is 5.32 Å². The molecule has 134 valence electrons. The number of aliphatic carboxylic acids is 1. The lowest BCUT2D eigenvalue weighted by atomic mass is 10.0. The fourth-order valence-electron chi connectivity index (χ4n) is 2.50. The van der Waals surface area contributed by atoms with E-state index in [0.717, 1.165) is 5.56 Å². The zero-order chi connectivity index (χ0) is 19.1. The van der Waals surface area contributed by atoms with E-state index in [-0.39, 0.29) is 18.7 Å². The molecule has 0 heterocycles. The lowest BCUT2D eigenvalue weighted by Crippen LogP contribution is -2.39. The second-order valence-corrected chi connectivity index (χ2v) is 6.61.